The minimum absolute atomic E-state index is 0.0538. The zero-order valence-corrected chi connectivity index (χ0v) is 14.9. The number of nitrogen functional groups attached to an aromatic ring is 1. The number of amides is 1. The van der Waals surface area contributed by atoms with E-state index in [1.54, 1.807) is 36.4 Å². The van der Waals surface area contributed by atoms with Crippen LogP contribution in [0.1, 0.15) is 22.8 Å². The number of hydrazine groups is 1. The first kappa shape index (κ1) is 18.9. The first-order valence-corrected chi connectivity index (χ1v) is 9.12. The van der Waals surface area contributed by atoms with Crippen LogP contribution in [-0.2, 0) is 16.6 Å². The van der Waals surface area contributed by atoms with E-state index in [0.29, 0.717) is 23.5 Å². The lowest BCUT2D eigenvalue weighted by Crippen LogP contribution is -2.30. The fraction of sp³-hybridized carbons (Fsp3) is 0.235. The normalized spacial score (nSPS) is 11.4. The Morgan fingerprint density at radius 3 is 2.48 bits per heavy atom. The summed E-state index contributed by atoms with van der Waals surface area (Å²) >= 11 is 0. The quantitative estimate of drug-likeness (QED) is 0.441. The Kier molecular flexibility index (Phi) is 6.13. The average Bonchev–Trinajstić information content (AvgIpc) is 2.63. The highest BCUT2D eigenvalue weighted by Gasteiger charge is 2.22. The number of hydrogen-bond donors (Lipinski definition) is 2. The van der Waals surface area contributed by atoms with Crippen LogP contribution in [0.15, 0.2) is 53.4 Å². The number of sulfonamides is 1. The number of carbonyl (C=O) groups excluding carboxylic acids is 1. The van der Waals surface area contributed by atoms with Gasteiger partial charge >= 0.3 is 0 Å². The third kappa shape index (κ3) is 4.36. The molecule has 0 saturated carbocycles. The number of nitrogens with one attached hydrogen (secondary N) is 1. The van der Waals surface area contributed by atoms with E-state index in [0.717, 1.165) is 0 Å². The Balaban J connectivity index is 2.35. The summed E-state index contributed by atoms with van der Waals surface area (Å²) in [4.78, 5) is 11.9. The van der Waals surface area contributed by atoms with Gasteiger partial charge in [0, 0.05) is 24.7 Å². The minimum Gasteiger partial charge on any atom is -0.494 e. The SMILES string of the molecule is CCOc1ccc(C(=O)NN)cc1CN(C)S(=O)(=O)c1ccccc1. The number of carbonyl (C=O) groups is 1. The second kappa shape index (κ2) is 8.11. The van der Waals surface area contributed by atoms with Crippen molar-refractivity contribution in [1.29, 1.82) is 0 Å². The Labute approximate surface area is 147 Å². The molecule has 0 aliphatic carbocycles. The highest BCUT2D eigenvalue weighted by Crippen LogP contribution is 2.24. The van der Waals surface area contributed by atoms with Gasteiger partial charge in [-0.05, 0) is 37.3 Å². The van der Waals surface area contributed by atoms with Gasteiger partial charge in [0.05, 0.1) is 11.5 Å². The summed E-state index contributed by atoms with van der Waals surface area (Å²) in [5, 5.41) is 0. The molecule has 0 saturated heterocycles. The van der Waals surface area contributed by atoms with Crippen LogP contribution in [-0.4, -0.2) is 32.3 Å². The molecule has 0 spiro atoms. The molecule has 2 aromatic carbocycles. The van der Waals surface area contributed by atoms with Gasteiger partial charge in [-0.1, -0.05) is 18.2 Å². The first-order valence-electron chi connectivity index (χ1n) is 7.68. The zero-order valence-electron chi connectivity index (χ0n) is 14.1. The lowest BCUT2D eigenvalue weighted by atomic mass is 10.1. The molecule has 0 aliphatic rings. The van der Waals surface area contributed by atoms with E-state index in [9.17, 15) is 13.2 Å². The van der Waals surface area contributed by atoms with Gasteiger partial charge in [-0.25, -0.2) is 14.3 Å². The van der Waals surface area contributed by atoms with Crippen molar-refractivity contribution in [1.82, 2.24) is 9.73 Å². The second-order valence-corrected chi connectivity index (χ2v) is 7.35. The van der Waals surface area contributed by atoms with E-state index < -0.39 is 15.9 Å². The molecule has 2 aromatic rings. The predicted molar refractivity (Wildman–Crippen MR) is 94.4 cm³/mol. The van der Waals surface area contributed by atoms with Crippen LogP contribution in [0.25, 0.3) is 0 Å². The van der Waals surface area contributed by atoms with Crippen LogP contribution in [0.2, 0.25) is 0 Å². The summed E-state index contributed by atoms with van der Waals surface area (Å²) in [5.41, 5.74) is 2.96. The number of nitrogens with two attached hydrogens (primary N) is 1. The van der Waals surface area contributed by atoms with Gasteiger partial charge in [-0.15, -0.1) is 0 Å². The van der Waals surface area contributed by atoms with E-state index in [4.69, 9.17) is 10.6 Å². The van der Waals surface area contributed by atoms with Crippen LogP contribution in [0.4, 0.5) is 0 Å². The van der Waals surface area contributed by atoms with Crippen molar-refractivity contribution in [2.24, 2.45) is 5.84 Å². The molecule has 0 bridgehead atoms. The summed E-state index contributed by atoms with van der Waals surface area (Å²) in [5.74, 6) is 5.22. The molecule has 0 unspecified atom stereocenters. The Hall–Kier alpha value is -2.42. The van der Waals surface area contributed by atoms with Crippen molar-refractivity contribution in [2.75, 3.05) is 13.7 Å². The van der Waals surface area contributed by atoms with Gasteiger partial charge in [-0.2, -0.15) is 4.31 Å². The summed E-state index contributed by atoms with van der Waals surface area (Å²) in [6.45, 7) is 2.30. The van der Waals surface area contributed by atoms with Crippen LogP contribution in [0, 0.1) is 0 Å². The highest BCUT2D eigenvalue weighted by molar-refractivity contribution is 7.89. The van der Waals surface area contributed by atoms with Crippen LogP contribution in [0.3, 0.4) is 0 Å². The molecule has 1 amide bonds. The number of benzene rings is 2. The maximum absolute atomic E-state index is 12.7. The Morgan fingerprint density at radius 2 is 1.88 bits per heavy atom. The van der Waals surface area contributed by atoms with Gasteiger partial charge < -0.3 is 4.74 Å². The summed E-state index contributed by atoms with van der Waals surface area (Å²) in [7, 11) is -2.18. The lowest BCUT2D eigenvalue weighted by Gasteiger charge is -2.19. The Bertz CT molecular complexity index is 838. The standard InChI is InChI=1S/C17H21N3O4S/c1-3-24-16-10-9-13(17(21)19-18)11-14(16)12-20(2)25(22,23)15-7-5-4-6-8-15/h4-11H,3,12,18H2,1-2H3,(H,19,21). The Morgan fingerprint density at radius 1 is 1.20 bits per heavy atom. The van der Waals surface area contributed by atoms with Gasteiger partial charge in [-0.3, -0.25) is 10.2 Å². The molecule has 134 valence electrons. The number of hydrogen-bond acceptors (Lipinski definition) is 5. The van der Waals surface area contributed by atoms with Crippen molar-refractivity contribution in [3.05, 3.63) is 59.7 Å². The van der Waals surface area contributed by atoms with Gasteiger partial charge in [0.15, 0.2) is 0 Å². The van der Waals surface area contributed by atoms with E-state index >= 15 is 0 Å². The molecule has 0 fully saturated rings. The van der Waals surface area contributed by atoms with E-state index in [1.807, 2.05) is 6.92 Å². The average molecular weight is 363 g/mol. The van der Waals surface area contributed by atoms with E-state index in [2.05, 4.69) is 5.43 Å². The van der Waals surface area contributed by atoms with Crippen LogP contribution < -0.4 is 16.0 Å². The molecular formula is C17H21N3O4S. The first-order chi connectivity index (χ1) is 11.9. The highest BCUT2D eigenvalue weighted by atomic mass is 32.2. The smallest absolute Gasteiger partial charge is 0.265 e. The third-order valence-electron chi connectivity index (χ3n) is 3.60. The minimum atomic E-state index is -3.66. The summed E-state index contributed by atoms with van der Waals surface area (Å²) < 4.78 is 32.1. The molecule has 7 nitrogen and oxygen atoms in total. The third-order valence-corrected chi connectivity index (χ3v) is 5.42. The topological polar surface area (TPSA) is 102 Å². The van der Waals surface area contributed by atoms with Gasteiger partial charge in [0.1, 0.15) is 5.75 Å². The van der Waals surface area contributed by atoms with Crippen LogP contribution >= 0.6 is 0 Å². The molecule has 0 atom stereocenters. The molecule has 0 aromatic heterocycles. The monoisotopic (exact) mass is 363 g/mol. The largest absolute Gasteiger partial charge is 0.494 e. The van der Waals surface area contributed by atoms with Crippen molar-refractivity contribution in [2.45, 2.75) is 18.4 Å². The molecule has 25 heavy (non-hydrogen) atoms. The molecular weight excluding hydrogens is 342 g/mol. The molecule has 0 heterocycles. The molecule has 2 rings (SSSR count). The molecule has 8 heteroatoms. The lowest BCUT2D eigenvalue weighted by molar-refractivity contribution is 0.0953. The van der Waals surface area contributed by atoms with Gasteiger partial charge in [0.25, 0.3) is 5.91 Å². The summed E-state index contributed by atoms with van der Waals surface area (Å²) in [6, 6.07) is 12.9. The number of nitrogens with zero attached hydrogens (tertiary/aromatic N) is 1. The molecule has 0 aliphatic heterocycles. The fourth-order valence-corrected chi connectivity index (χ4v) is 3.49. The predicted octanol–water partition coefficient (Wildman–Crippen LogP) is 1.51. The zero-order chi connectivity index (χ0) is 18.4. The molecule has 3 N–H and O–H groups in total. The maximum atomic E-state index is 12.7. The van der Waals surface area contributed by atoms with Crippen molar-refractivity contribution < 1.29 is 17.9 Å². The second-order valence-electron chi connectivity index (χ2n) is 5.30. The number of rotatable bonds is 7. The van der Waals surface area contributed by atoms with Crippen molar-refractivity contribution in [3.63, 3.8) is 0 Å². The summed E-state index contributed by atoms with van der Waals surface area (Å²) in [6.07, 6.45) is 0. The van der Waals surface area contributed by atoms with E-state index in [-0.39, 0.29) is 11.4 Å². The van der Waals surface area contributed by atoms with E-state index in [1.165, 1.54) is 23.5 Å². The fourth-order valence-electron chi connectivity index (χ4n) is 2.32. The van der Waals surface area contributed by atoms with Crippen molar-refractivity contribution in [3.8, 4) is 5.75 Å². The van der Waals surface area contributed by atoms with Crippen LogP contribution in [0.5, 0.6) is 5.75 Å². The van der Waals surface area contributed by atoms with Gasteiger partial charge in [0.2, 0.25) is 10.0 Å². The molecule has 0 radical (unpaired) electrons. The maximum Gasteiger partial charge on any atom is 0.265 e. The van der Waals surface area contributed by atoms with Crippen molar-refractivity contribution >= 4 is 15.9 Å². The number of ether oxygens (including phenoxy) is 1.